The normalized spacial score (nSPS) is 17.6. The van der Waals surface area contributed by atoms with Crippen molar-refractivity contribution in [1.29, 1.82) is 0 Å². The van der Waals surface area contributed by atoms with Gasteiger partial charge in [0, 0.05) is 35.4 Å². The molecule has 0 aromatic carbocycles. The van der Waals surface area contributed by atoms with Crippen molar-refractivity contribution in [3.8, 4) is 10.4 Å². The molecule has 36 heavy (non-hydrogen) atoms. The van der Waals surface area contributed by atoms with Gasteiger partial charge in [-0.2, -0.15) is 10.2 Å². The van der Waals surface area contributed by atoms with E-state index >= 15 is 0 Å². The minimum Gasteiger partial charge on any atom is -0.394 e. The molecule has 5 rings (SSSR count). The molecule has 1 fully saturated rings. The summed E-state index contributed by atoms with van der Waals surface area (Å²) in [5.41, 5.74) is 3.66. The molecule has 0 spiro atoms. The van der Waals surface area contributed by atoms with E-state index in [9.17, 15) is 9.59 Å². The van der Waals surface area contributed by atoms with Crippen LogP contribution in [-0.2, 0) is 16.1 Å². The third-order valence-electron chi connectivity index (χ3n) is 5.96. The number of nitrogens with zero attached hydrogens (tertiary/aromatic N) is 5. The number of hydrogen-bond acceptors (Lipinski definition) is 8. The molecule has 12 heteroatoms. The fraction of sp³-hybridized carbons (Fsp3) is 0.417. The molecule has 0 saturated carbocycles. The molecule has 3 aromatic heterocycles. The van der Waals surface area contributed by atoms with Crippen molar-refractivity contribution < 1.29 is 14.7 Å². The van der Waals surface area contributed by atoms with Gasteiger partial charge in [-0.05, 0) is 45.9 Å². The van der Waals surface area contributed by atoms with Gasteiger partial charge in [-0.3, -0.25) is 19.2 Å². The fourth-order valence-electron chi connectivity index (χ4n) is 4.04. The summed E-state index contributed by atoms with van der Waals surface area (Å²) >= 11 is 1.70. The van der Waals surface area contributed by atoms with Gasteiger partial charge < -0.3 is 21.1 Å². The summed E-state index contributed by atoms with van der Waals surface area (Å²) in [5, 5.41) is 25.9. The average Bonchev–Trinajstić information content (AvgIpc) is 3.64. The van der Waals surface area contributed by atoms with Crippen LogP contribution in [0.4, 0.5) is 0 Å². The summed E-state index contributed by atoms with van der Waals surface area (Å²) in [6.07, 6.45) is 14.1. The quantitative estimate of drug-likeness (QED) is 0.334. The van der Waals surface area contributed by atoms with E-state index < -0.39 is 0 Å². The number of hydrogen-bond donors (Lipinski definition) is 4. The van der Waals surface area contributed by atoms with Crippen LogP contribution < -0.4 is 16.0 Å². The highest BCUT2D eigenvalue weighted by atomic mass is 32.1. The minimum atomic E-state index is -0.0220. The van der Waals surface area contributed by atoms with Crippen LogP contribution in [-0.4, -0.2) is 74.0 Å². The summed E-state index contributed by atoms with van der Waals surface area (Å²) < 4.78 is 3.63. The molecule has 192 valence electrons. The molecule has 0 radical (unpaired) electrons. The maximum atomic E-state index is 11.9. The molecule has 1 atom stereocenters. The van der Waals surface area contributed by atoms with Crippen molar-refractivity contribution >= 4 is 28.5 Å². The maximum absolute atomic E-state index is 11.9. The lowest BCUT2D eigenvalue weighted by Gasteiger charge is -2.22. The first-order chi connectivity index (χ1) is 17.5. The van der Waals surface area contributed by atoms with Crippen LogP contribution in [0.2, 0.25) is 0 Å². The van der Waals surface area contributed by atoms with Crippen molar-refractivity contribution in [3.05, 3.63) is 54.0 Å². The lowest BCUT2D eigenvalue weighted by atomic mass is 10.1. The van der Waals surface area contributed by atoms with Crippen molar-refractivity contribution in [1.82, 2.24) is 40.2 Å². The summed E-state index contributed by atoms with van der Waals surface area (Å²) in [4.78, 5) is 26.8. The van der Waals surface area contributed by atoms with Gasteiger partial charge in [-0.1, -0.05) is 0 Å². The second-order valence-electron chi connectivity index (χ2n) is 8.77. The van der Waals surface area contributed by atoms with Gasteiger partial charge in [0.1, 0.15) is 4.83 Å². The van der Waals surface area contributed by atoms with Gasteiger partial charge in [0.2, 0.25) is 12.3 Å². The number of carbonyl (C=O) groups is 2. The number of likely N-dealkylation sites (tertiary alicyclic amines) is 1. The lowest BCUT2D eigenvalue weighted by molar-refractivity contribution is -0.121. The van der Waals surface area contributed by atoms with Gasteiger partial charge in [0.15, 0.2) is 0 Å². The number of aliphatic hydroxyl groups is 1. The molecule has 5 heterocycles. The van der Waals surface area contributed by atoms with E-state index in [0.29, 0.717) is 25.2 Å². The molecule has 0 aliphatic carbocycles. The Bertz CT molecular complexity index is 1250. The predicted octanol–water partition coefficient (Wildman–Crippen LogP) is 1.22. The van der Waals surface area contributed by atoms with Gasteiger partial charge in [0.25, 0.3) is 0 Å². The molecule has 2 amide bonds. The molecule has 2 aliphatic rings. The van der Waals surface area contributed by atoms with Crippen LogP contribution in [0.15, 0.2) is 48.5 Å². The van der Waals surface area contributed by atoms with E-state index in [2.05, 4.69) is 38.0 Å². The van der Waals surface area contributed by atoms with Crippen molar-refractivity contribution in [2.24, 2.45) is 0 Å². The number of allylic oxidation sites excluding steroid dienone is 1. The van der Waals surface area contributed by atoms with Gasteiger partial charge in [-0.15, -0.1) is 11.3 Å². The van der Waals surface area contributed by atoms with E-state index in [4.69, 9.17) is 5.11 Å². The number of thiazole rings is 1. The van der Waals surface area contributed by atoms with E-state index in [1.807, 2.05) is 36.2 Å². The highest BCUT2D eigenvalue weighted by molar-refractivity contribution is 7.20. The Hall–Kier alpha value is -3.48. The van der Waals surface area contributed by atoms with Gasteiger partial charge in [-0.25, -0.2) is 4.52 Å². The second-order valence-corrected chi connectivity index (χ2v) is 9.80. The summed E-state index contributed by atoms with van der Waals surface area (Å²) in [6, 6.07) is 0.0319. The van der Waals surface area contributed by atoms with E-state index in [-0.39, 0.29) is 18.6 Å². The van der Waals surface area contributed by atoms with Crippen molar-refractivity contribution in [2.45, 2.75) is 39.3 Å². The van der Waals surface area contributed by atoms with E-state index in [1.165, 1.54) is 18.4 Å². The van der Waals surface area contributed by atoms with Crippen molar-refractivity contribution in [3.63, 3.8) is 0 Å². The average molecular weight is 513 g/mol. The Balaban J connectivity index is 0.000000170. The molecule has 4 N–H and O–H groups in total. The Morgan fingerprint density at radius 1 is 1.28 bits per heavy atom. The molecule has 1 saturated heterocycles. The van der Waals surface area contributed by atoms with Crippen LogP contribution in [0.5, 0.6) is 0 Å². The molecular formula is C24H32N8O3S. The third kappa shape index (κ3) is 6.39. The van der Waals surface area contributed by atoms with Crippen molar-refractivity contribution in [2.75, 3.05) is 26.2 Å². The number of carbonyl (C=O) groups excluding carboxylic acids is 2. The Labute approximate surface area is 213 Å². The highest BCUT2D eigenvalue weighted by Crippen LogP contribution is 2.29. The molecule has 11 nitrogen and oxygen atoms in total. The fourth-order valence-corrected chi connectivity index (χ4v) is 5.03. The molecule has 2 aliphatic heterocycles. The van der Waals surface area contributed by atoms with Crippen LogP contribution in [0.1, 0.15) is 25.3 Å². The zero-order chi connectivity index (χ0) is 25.5. The maximum Gasteiger partial charge on any atom is 0.238 e. The lowest BCUT2D eigenvalue weighted by Crippen LogP contribution is -2.39. The number of aromatic nitrogens is 4. The topological polar surface area (TPSA) is 129 Å². The number of aliphatic hydroxyl groups excluding tert-OH is 1. The number of rotatable bonds is 8. The molecule has 0 bridgehead atoms. The standard InChI is InChI=1S/C13H20N4O2.C11H12N4OS/c1-10-12(15-9-18)6-11(7-14-10)16-13(19)8-17-4-2-3-5-17;1-8-4-13-15-7-10(17-11(8)15)9-5-12-14(6-9)2-3-16/h6-7,9-10,14H,2-5,8H2,1H3,(H,15,18)(H,16,19);4-7,16H,2-3H2,1H3. The van der Waals surface area contributed by atoms with Crippen LogP contribution in [0.3, 0.4) is 0 Å². The summed E-state index contributed by atoms with van der Waals surface area (Å²) in [5.74, 6) is -0.0220. The molecule has 3 aromatic rings. The monoisotopic (exact) mass is 512 g/mol. The van der Waals surface area contributed by atoms with Gasteiger partial charge in [0.05, 0.1) is 48.7 Å². The smallest absolute Gasteiger partial charge is 0.238 e. The first-order valence-corrected chi connectivity index (χ1v) is 12.8. The SMILES string of the molecule is CC1NC=C(NC(=O)CN2CCCC2)C=C1NC=O.Cc1cnn2cc(-c3cnn(CCO)c3)sc12. The van der Waals surface area contributed by atoms with Crippen LogP contribution >= 0.6 is 11.3 Å². The number of aryl methyl sites for hydroxylation is 1. The summed E-state index contributed by atoms with van der Waals surface area (Å²) in [7, 11) is 0. The first-order valence-electron chi connectivity index (χ1n) is 11.9. The van der Waals surface area contributed by atoms with E-state index in [1.54, 1.807) is 28.3 Å². The Kier molecular flexibility index (Phi) is 8.52. The predicted molar refractivity (Wildman–Crippen MR) is 138 cm³/mol. The Morgan fingerprint density at radius 2 is 2.08 bits per heavy atom. The largest absolute Gasteiger partial charge is 0.394 e. The van der Waals surface area contributed by atoms with Crippen LogP contribution in [0, 0.1) is 6.92 Å². The zero-order valence-electron chi connectivity index (χ0n) is 20.5. The number of dihydropyridines is 1. The van der Waals surface area contributed by atoms with Gasteiger partial charge >= 0.3 is 0 Å². The minimum absolute atomic E-state index is 0.0220. The Morgan fingerprint density at radius 3 is 2.81 bits per heavy atom. The first kappa shape index (κ1) is 25.6. The summed E-state index contributed by atoms with van der Waals surface area (Å²) in [6.45, 7) is 7.04. The third-order valence-corrected chi connectivity index (χ3v) is 7.22. The zero-order valence-corrected chi connectivity index (χ0v) is 21.3. The molecule has 1 unspecified atom stereocenters. The van der Waals surface area contributed by atoms with E-state index in [0.717, 1.165) is 34.1 Å². The number of fused-ring (bicyclic) bond motifs is 1. The highest BCUT2D eigenvalue weighted by Gasteiger charge is 2.17. The second kappa shape index (κ2) is 12.0. The van der Waals surface area contributed by atoms with Crippen LogP contribution in [0.25, 0.3) is 15.3 Å². The number of nitrogens with one attached hydrogen (secondary N) is 3. The number of amides is 2. The molecular weight excluding hydrogens is 480 g/mol.